The Bertz CT molecular complexity index is 241. The van der Waals surface area contributed by atoms with Crippen molar-refractivity contribution in [1.29, 1.82) is 0 Å². The molecule has 3 nitrogen and oxygen atoms in total. The van der Waals surface area contributed by atoms with Crippen LogP contribution >= 0.6 is 0 Å². The monoisotopic (exact) mass is 241 g/mol. The first-order valence-corrected chi connectivity index (χ1v) is 7.22. The molecule has 2 fully saturated rings. The van der Waals surface area contributed by atoms with Crippen LogP contribution in [0.4, 0.5) is 0 Å². The molecule has 0 atom stereocenters. The molecule has 0 amide bonds. The minimum Gasteiger partial charge on any atom is -0.390 e. The number of hydrogen-bond donors (Lipinski definition) is 2. The number of hydrogen-bond acceptors (Lipinski definition) is 3. The van der Waals surface area contributed by atoms with Crippen LogP contribution in [0.3, 0.4) is 0 Å². The normalized spacial score (nSPS) is 28.4. The van der Waals surface area contributed by atoms with Crippen LogP contribution in [0.2, 0.25) is 0 Å². The van der Waals surface area contributed by atoms with Gasteiger partial charge in [0.25, 0.3) is 0 Å². The Hall–Kier alpha value is -0.120. The van der Waals surface area contributed by atoms with E-state index < -0.39 is 11.2 Å². The van der Waals surface area contributed by atoms with Gasteiger partial charge in [0.2, 0.25) is 0 Å². The molecule has 2 N–H and O–H groups in total. The number of nitrogens with zero attached hydrogens (tertiary/aromatic N) is 1. The first-order chi connectivity index (χ1) is 8.05. The number of aliphatic hydroxyl groups is 2. The number of piperidine rings is 1. The highest BCUT2D eigenvalue weighted by Crippen LogP contribution is 2.33. The molecule has 0 aromatic rings. The predicted octanol–water partition coefficient (Wildman–Crippen LogP) is 1.92. The molecule has 0 radical (unpaired) electrons. The van der Waals surface area contributed by atoms with Gasteiger partial charge in [-0.05, 0) is 32.1 Å². The highest BCUT2D eigenvalue weighted by Gasteiger charge is 2.37. The average molecular weight is 241 g/mol. The zero-order chi connectivity index (χ0) is 12.4. The molecule has 17 heavy (non-hydrogen) atoms. The lowest BCUT2D eigenvalue weighted by Crippen LogP contribution is -2.49. The van der Waals surface area contributed by atoms with Gasteiger partial charge >= 0.3 is 0 Å². The summed E-state index contributed by atoms with van der Waals surface area (Å²) in [5, 5.41) is 20.7. The third-order valence-corrected chi connectivity index (χ3v) is 4.55. The van der Waals surface area contributed by atoms with Gasteiger partial charge in [-0.3, -0.25) is 0 Å². The maximum atomic E-state index is 10.4. The topological polar surface area (TPSA) is 43.7 Å². The Morgan fingerprint density at radius 2 is 1.53 bits per heavy atom. The lowest BCUT2D eigenvalue weighted by atomic mass is 9.86. The van der Waals surface area contributed by atoms with Crippen LogP contribution in [0.5, 0.6) is 0 Å². The largest absolute Gasteiger partial charge is 0.390 e. The molecular weight excluding hydrogens is 214 g/mol. The molecule has 0 bridgehead atoms. The Morgan fingerprint density at radius 1 is 0.941 bits per heavy atom. The van der Waals surface area contributed by atoms with Crippen LogP contribution in [0, 0.1) is 0 Å². The number of rotatable bonds is 4. The highest BCUT2D eigenvalue weighted by molar-refractivity contribution is 4.91. The molecule has 1 aliphatic carbocycles. The van der Waals surface area contributed by atoms with Crippen molar-refractivity contribution in [1.82, 2.24) is 4.90 Å². The van der Waals surface area contributed by atoms with Gasteiger partial charge in [0.15, 0.2) is 0 Å². The summed E-state index contributed by atoms with van der Waals surface area (Å²) < 4.78 is 0. The van der Waals surface area contributed by atoms with E-state index in [1.54, 1.807) is 0 Å². The molecule has 100 valence electrons. The molecule has 0 unspecified atom stereocenters. The molecule has 3 heteroatoms. The summed E-state index contributed by atoms with van der Waals surface area (Å²) in [4.78, 5) is 2.34. The van der Waals surface area contributed by atoms with Crippen molar-refractivity contribution >= 4 is 0 Å². The van der Waals surface area contributed by atoms with Crippen LogP contribution < -0.4 is 0 Å². The summed E-state index contributed by atoms with van der Waals surface area (Å²) in [5.41, 5.74) is -0.857. The Morgan fingerprint density at radius 3 is 2.06 bits per heavy atom. The van der Waals surface area contributed by atoms with Crippen LogP contribution in [-0.4, -0.2) is 45.9 Å². The van der Waals surface area contributed by atoms with Crippen molar-refractivity contribution in [2.24, 2.45) is 0 Å². The molecule has 0 aromatic heterocycles. The highest BCUT2D eigenvalue weighted by atomic mass is 16.3. The quantitative estimate of drug-likeness (QED) is 0.790. The predicted molar refractivity (Wildman–Crippen MR) is 68.9 cm³/mol. The first kappa shape index (κ1) is 13.3. The van der Waals surface area contributed by atoms with E-state index in [2.05, 4.69) is 11.8 Å². The van der Waals surface area contributed by atoms with Gasteiger partial charge in [-0.2, -0.15) is 0 Å². The number of likely N-dealkylation sites (tertiary alicyclic amines) is 1. The van der Waals surface area contributed by atoms with E-state index in [1.165, 1.54) is 12.8 Å². The fourth-order valence-electron chi connectivity index (χ4n) is 3.45. The molecule has 1 saturated heterocycles. The second-order valence-corrected chi connectivity index (χ2v) is 6.18. The third kappa shape index (κ3) is 3.43. The van der Waals surface area contributed by atoms with Crippen molar-refractivity contribution in [3.63, 3.8) is 0 Å². The second kappa shape index (κ2) is 5.25. The van der Waals surface area contributed by atoms with Crippen LogP contribution in [0.15, 0.2) is 0 Å². The summed E-state index contributed by atoms with van der Waals surface area (Å²) in [6.45, 7) is 4.83. The SMILES string of the molecule is CCCC1(O)CCN(CC2(O)CCCC2)CC1. The van der Waals surface area contributed by atoms with Gasteiger partial charge in [-0.25, -0.2) is 0 Å². The van der Waals surface area contributed by atoms with Crippen LogP contribution in [0.1, 0.15) is 58.3 Å². The van der Waals surface area contributed by atoms with Crippen molar-refractivity contribution in [3.8, 4) is 0 Å². The van der Waals surface area contributed by atoms with E-state index >= 15 is 0 Å². The van der Waals surface area contributed by atoms with Crippen molar-refractivity contribution < 1.29 is 10.2 Å². The minimum absolute atomic E-state index is 0.427. The summed E-state index contributed by atoms with van der Waals surface area (Å²) in [5.74, 6) is 0. The Kier molecular flexibility index (Phi) is 4.11. The first-order valence-electron chi connectivity index (χ1n) is 7.22. The smallest absolute Gasteiger partial charge is 0.0774 e. The van der Waals surface area contributed by atoms with E-state index in [4.69, 9.17) is 0 Å². The fraction of sp³-hybridized carbons (Fsp3) is 1.00. The van der Waals surface area contributed by atoms with Crippen LogP contribution in [-0.2, 0) is 0 Å². The van der Waals surface area contributed by atoms with Gasteiger partial charge in [-0.15, -0.1) is 0 Å². The van der Waals surface area contributed by atoms with Gasteiger partial charge in [-0.1, -0.05) is 26.2 Å². The van der Waals surface area contributed by atoms with Crippen molar-refractivity contribution in [2.45, 2.75) is 69.5 Å². The molecular formula is C14H27NO2. The van der Waals surface area contributed by atoms with E-state index in [0.29, 0.717) is 0 Å². The summed E-state index contributed by atoms with van der Waals surface area (Å²) >= 11 is 0. The van der Waals surface area contributed by atoms with Gasteiger partial charge < -0.3 is 15.1 Å². The van der Waals surface area contributed by atoms with Gasteiger partial charge in [0, 0.05) is 19.6 Å². The molecule has 2 aliphatic rings. The third-order valence-electron chi connectivity index (χ3n) is 4.55. The molecule has 0 spiro atoms. The van der Waals surface area contributed by atoms with E-state index in [0.717, 1.165) is 58.2 Å². The zero-order valence-electron chi connectivity index (χ0n) is 11.1. The van der Waals surface area contributed by atoms with Gasteiger partial charge in [0.05, 0.1) is 11.2 Å². The summed E-state index contributed by atoms with van der Waals surface area (Å²) in [7, 11) is 0. The lowest BCUT2D eigenvalue weighted by Gasteiger charge is -2.40. The zero-order valence-corrected chi connectivity index (χ0v) is 11.1. The molecule has 0 aromatic carbocycles. The maximum Gasteiger partial charge on any atom is 0.0774 e. The Balaban J connectivity index is 1.79. The van der Waals surface area contributed by atoms with Crippen LogP contribution in [0.25, 0.3) is 0 Å². The maximum absolute atomic E-state index is 10.4. The summed E-state index contributed by atoms with van der Waals surface area (Å²) in [6, 6.07) is 0. The van der Waals surface area contributed by atoms with Crippen molar-refractivity contribution in [2.75, 3.05) is 19.6 Å². The second-order valence-electron chi connectivity index (χ2n) is 6.18. The van der Waals surface area contributed by atoms with E-state index in [-0.39, 0.29) is 0 Å². The van der Waals surface area contributed by atoms with E-state index in [9.17, 15) is 10.2 Å². The summed E-state index contributed by atoms with van der Waals surface area (Å²) in [6.07, 6.45) is 7.99. The number of β-amino-alcohol motifs (C(OH)–C–C–N with tert-alkyl or cyclic N) is 1. The van der Waals surface area contributed by atoms with Crippen molar-refractivity contribution in [3.05, 3.63) is 0 Å². The average Bonchev–Trinajstić information content (AvgIpc) is 2.69. The lowest BCUT2D eigenvalue weighted by molar-refractivity contribution is -0.0533. The van der Waals surface area contributed by atoms with E-state index in [1.807, 2.05) is 0 Å². The minimum atomic E-state index is -0.430. The standard InChI is InChI=1S/C14H27NO2/c1-2-5-13(16)8-10-15(11-9-13)12-14(17)6-3-4-7-14/h16-17H,2-12H2,1H3. The molecule has 2 rings (SSSR count). The van der Waals surface area contributed by atoms with Gasteiger partial charge in [0.1, 0.15) is 0 Å². The Labute approximate surface area is 105 Å². The molecule has 1 aliphatic heterocycles. The molecule has 1 saturated carbocycles. The molecule has 1 heterocycles. The fourth-order valence-corrected chi connectivity index (χ4v) is 3.45.